The quantitative estimate of drug-likeness (QED) is 0.676. The minimum absolute atomic E-state index is 0.0709. The van der Waals surface area contributed by atoms with Crippen molar-refractivity contribution < 1.29 is 22.4 Å². The highest BCUT2D eigenvalue weighted by molar-refractivity contribution is 7.16. The smallest absolute Gasteiger partial charge is 0.369 e. The van der Waals surface area contributed by atoms with Crippen molar-refractivity contribution in [3.63, 3.8) is 0 Å². The molecule has 0 radical (unpaired) electrons. The second-order valence-corrected chi connectivity index (χ2v) is 6.64. The third-order valence-corrected chi connectivity index (χ3v) is 4.65. The van der Waals surface area contributed by atoms with Gasteiger partial charge in [-0.15, -0.1) is 11.3 Å². The highest BCUT2D eigenvalue weighted by Gasteiger charge is 2.33. The molecule has 1 unspecified atom stereocenters. The van der Waals surface area contributed by atoms with Gasteiger partial charge in [-0.3, -0.25) is 15.1 Å². The number of carbonyl (C=O) groups is 1. The fraction of sp³-hybridized carbons (Fsp3) is 0.176. The molecule has 5 nitrogen and oxygen atoms in total. The van der Waals surface area contributed by atoms with Crippen LogP contribution in [0.2, 0.25) is 0 Å². The van der Waals surface area contributed by atoms with Gasteiger partial charge in [0.25, 0.3) is 5.91 Å². The number of hydrogen-bond acceptors (Lipinski definition) is 5. The first kappa shape index (κ1) is 19.1. The van der Waals surface area contributed by atoms with E-state index in [1.807, 2.05) is 0 Å². The van der Waals surface area contributed by atoms with Crippen LogP contribution in [0.3, 0.4) is 0 Å². The molecule has 1 amide bonds. The van der Waals surface area contributed by atoms with E-state index in [9.17, 15) is 22.4 Å². The van der Waals surface area contributed by atoms with Crippen LogP contribution in [0.5, 0.6) is 0 Å². The average molecular weight is 398 g/mol. The predicted octanol–water partition coefficient (Wildman–Crippen LogP) is 3.48. The van der Waals surface area contributed by atoms with E-state index < -0.39 is 23.1 Å². The lowest BCUT2D eigenvalue weighted by molar-refractivity contribution is -0.134. The van der Waals surface area contributed by atoms with Gasteiger partial charge in [-0.25, -0.2) is 4.39 Å². The van der Waals surface area contributed by atoms with Gasteiger partial charge in [0.05, 0.1) is 5.00 Å². The summed E-state index contributed by atoms with van der Waals surface area (Å²) in [5.74, 6) is -0.979. The molecule has 1 aliphatic rings. The van der Waals surface area contributed by atoms with Crippen LogP contribution in [0, 0.1) is 5.82 Å². The summed E-state index contributed by atoms with van der Waals surface area (Å²) in [4.78, 5) is 15.6. The number of alkyl halides is 3. The number of aliphatic imine (C=N–C) groups is 1. The number of nitrogens with zero attached hydrogens (tertiary/aromatic N) is 1. The Bertz CT molecular complexity index is 874. The number of halogens is 4. The predicted molar refractivity (Wildman–Crippen MR) is 94.7 cm³/mol. The fourth-order valence-corrected chi connectivity index (χ4v) is 3.08. The van der Waals surface area contributed by atoms with Gasteiger partial charge in [-0.05, 0) is 29.8 Å². The Morgan fingerprint density at radius 3 is 2.59 bits per heavy atom. The molecule has 3 rings (SSSR count). The second kappa shape index (κ2) is 7.89. The van der Waals surface area contributed by atoms with Crippen molar-refractivity contribution in [2.75, 3.05) is 5.32 Å². The summed E-state index contributed by atoms with van der Waals surface area (Å²) in [5.41, 5.74) is 0.863. The Labute approximate surface area is 155 Å². The van der Waals surface area contributed by atoms with Crippen molar-refractivity contribution in [2.45, 2.75) is 18.9 Å². The Kier molecular flexibility index (Phi) is 5.57. The summed E-state index contributed by atoms with van der Waals surface area (Å²) in [6, 6.07) is 7.94. The van der Waals surface area contributed by atoms with Crippen molar-refractivity contribution >= 4 is 28.0 Å². The molecule has 1 aromatic carbocycles. The molecule has 1 aliphatic heterocycles. The van der Waals surface area contributed by atoms with Crippen molar-refractivity contribution in [3.8, 4) is 0 Å². The molecule has 2 aromatic rings. The third kappa shape index (κ3) is 4.92. The van der Waals surface area contributed by atoms with Gasteiger partial charge in [0.15, 0.2) is 0 Å². The zero-order chi connectivity index (χ0) is 19.4. The van der Waals surface area contributed by atoms with Gasteiger partial charge in [-0.1, -0.05) is 12.1 Å². The van der Waals surface area contributed by atoms with E-state index in [0.29, 0.717) is 17.9 Å². The highest BCUT2D eigenvalue weighted by atomic mass is 32.1. The summed E-state index contributed by atoms with van der Waals surface area (Å²) in [5, 5.41) is 8.46. The van der Waals surface area contributed by atoms with Crippen molar-refractivity contribution in [3.05, 3.63) is 65.1 Å². The molecule has 0 saturated carbocycles. The Balaban J connectivity index is 1.64. The summed E-state index contributed by atoms with van der Waals surface area (Å²) in [7, 11) is 0. The van der Waals surface area contributed by atoms with Crippen molar-refractivity contribution in [2.24, 2.45) is 4.99 Å². The highest BCUT2D eigenvalue weighted by Crippen LogP contribution is 2.36. The average Bonchev–Trinajstić information content (AvgIpc) is 3.10. The molecule has 3 N–H and O–H groups in total. The maximum Gasteiger partial charge on any atom is 0.425 e. The maximum absolute atomic E-state index is 12.9. The van der Waals surface area contributed by atoms with Crippen LogP contribution in [0.4, 0.5) is 22.6 Å². The number of thiophene rings is 1. The molecule has 142 valence electrons. The van der Waals surface area contributed by atoms with Crippen LogP contribution in [-0.4, -0.2) is 17.8 Å². The van der Waals surface area contributed by atoms with Gasteiger partial charge in [-0.2, -0.15) is 13.2 Å². The zero-order valence-electron chi connectivity index (χ0n) is 13.7. The second-order valence-electron chi connectivity index (χ2n) is 5.55. The summed E-state index contributed by atoms with van der Waals surface area (Å²) in [6.07, 6.45) is -2.20. The monoisotopic (exact) mass is 398 g/mol. The van der Waals surface area contributed by atoms with E-state index >= 15 is 0 Å². The molecule has 0 aliphatic carbocycles. The lowest BCUT2D eigenvalue weighted by atomic mass is 10.2. The molecule has 2 heterocycles. The Hall–Kier alpha value is -2.72. The van der Waals surface area contributed by atoms with Crippen LogP contribution in [0.25, 0.3) is 0 Å². The number of benzene rings is 1. The van der Waals surface area contributed by atoms with Crippen LogP contribution < -0.4 is 16.0 Å². The van der Waals surface area contributed by atoms with Crippen LogP contribution in [-0.2, 0) is 17.5 Å². The number of amides is 1. The van der Waals surface area contributed by atoms with Crippen molar-refractivity contribution in [1.82, 2.24) is 10.6 Å². The first-order valence-electron chi connectivity index (χ1n) is 7.78. The van der Waals surface area contributed by atoms with Gasteiger partial charge in [0.1, 0.15) is 22.6 Å². The van der Waals surface area contributed by atoms with Gasteiger partial charge in [0.2, 0.25) is 0 Å². The first-order valence-corrected chi connectivity index (χ1v) is 8.59. The van der Waals surface area contributed by atoms with Gasteiger partial charge < -0.3 is 10.6 Å². The normalized spacial score (nSPS) is 16.6. The van der Waals surface area contributed by atoms with Gasteiger partial charge in [0, 0.05) is 18.9 Å². The van der Waals surface area contributed by atoms with Crippen molar-refractivity contribution in [1.29, 1.82) is 0 Å². The van der Waals surface area contributed by atoms with E-state index in [1.54, 1.807) is 12.1 Å². The molecular formula is C17H14F4N4OS. The molecule has 1 aromatic heterocycles. The number of nitrogens with one attached hydrogen (secondary N) is 3. The Morgan fingerprint density at radius 1 is 1.19 bits per heavy atom. The standard InChI is InChI=1S/C17H14F4N4OS/c18-11-3-1-10(2-4-11)9-24-15-14(22-7-8-23-15)16(26)25-13-6-5-12(27-13)17(19,20)21/h1-8,15,23-24H,9H2,(H,25,26). The molecule has 0 bridgehead atoms. The molecule has 1 atom stereocenters. The zero-order valence-corrected chi connectivity index (χ0v) is 14.5. The number of anilines is 1. The maximum atomic E-state index is 12.9. The lowest BCUT2D eigenvalue weighted by Crippen LogP contribution is -2.51. The molecule has 0 spiro atoms. The molecule has 0 fully saturated rings. The summed E-state index contributed by atoms with van der Waals surface area (Å²) < 4.78 is 50.9. The molecule has 10 heteroatoms. The SMILES string of the molecule is O=C(Nc1ccc(C(F)(F)F)s1)C1=NC=CNC1NCc1ccc(F)cc1. The molecule has 27 heavy (non-hydrogen) atoms. The van der Waals surface area contributed by atoms with E-state index in [1.165, 1.54) is 30.6 Å². The number of rotatable bonds is 5. The van der Waals surface area contributed by atoms with Gasteiger partial charge >= 0.3 is 6.18 Å². The summed E-state index contributed by atoms with van der Waals surface area (Å²) in [6.45, 7) is 0.329. The van der Waals surface area contributed by atoms with E-state index in [2.05, 4.69) is 20.9 Å². The van der Waals surface area contributed by atoms with Crippen LogP contribution >= 0.6 is 11.3 Å². The van der Waals surface area contributed by atoms with E-state index in [4.69, 9.17) is 0 Å². The first-order chi connectivity index (χ1) is 12.8. The summed E-state index contributed by atoms with van der Waals surface area (Å²) >= 11 is 0.439. The number of carbonyl (C=O) groups excluding carboxylic acids is 1. The fourth-order valence-electron chi connectivity index (χ4n) is 2.31. The third-order valence-electron chi connectivity index (χ3n) is 3.60. The lowest BCUT2D eigenvalue weighted by Gasteiger charge is -2.22. The molecular weight excluding hydrogens is 384 g/mol. The largest absolute Gasteiger partial charge is 0.425 e. The minimum atomic E-state index is -4.46. The minimum Gasteiger partial charge on any atom is -0.369 e. The van der Waals surface area contributed by atoms with E-state index in [0.717, 1.165) is 11.6 Å². The van der Waals surface area contributed by atoms with Crippen LogP contribution in [0.15, 0.2) is 53.8 Å². The van der Waals surface area contributed by atoms with E-state index in [-0.39, 0.29) is 16.5 Å². The topological polar surface area (TPSA) is 65.5 Å². The Morgan fingerprint density at radius 2 is 1.93 bits per heavy atom. The van der Waals surface area contributed by atoms with Crippen LogP contribution in [0.1, 0.15) is 10.4 Å². The number of hydrogen-bond donors (Lipinski definition) is 3. The molecule has 0 saturated heterocycles.